The molecule has 0 unspecified atom stereocenters. The minimum atomic E-state index is -0.349. The highest BCUT2D eigenvalue weighted by molar-refractivity contribution is 7.17. The molecule has 0 fully saturated rings. The summed E-state index contributed by atoms with van der Waals surface area (Å²) in [6.45, 7) is 0. The lowest BCUT2D eigenvalue weighted by Crippen LogP contribution is -1.86. The SMILES string of the molecule is N#Cc1ccc2cc(F)sc2c1C=O. The highest BCUT2D eigenvalue weighted by Crippen LogP contribution is 2.28. The molecule has 68 valence electrons. The molecule has 4 heteroatoms. The van der Waals surface area contributed by atoms with Crippen LogP contribution in [-0.4, -0.2) is 6.29 Å². The average molecular weight is 205 g/mol. The normalized spacial score (nSPS) is 10.0. The van der Waals surface area contributed by atoms with Gasteiger partial charge in [0.15, 0.2) is 11.4 Å². The fourth-order valence-electron chi connectivity index (χ4n) is 1.31. The van der Waals surface area contributed by atoms with Gasteiger partial charge >= 0.3 is 0 Å². The van der Waals surface area contributed by atoms with Crippen molar-refractivity contribution in [3.63, 3.8) is 0 Å². The topological polar surface area (TPSA) is 40.9 Å². The highest BCUT2D eigenvalue weighted by atomic mass is 32.1. The van der Waals surface area contributed by atoms with Crippen LogP contribution in [0.25, 0.3) is 10.1 Å². The molecule has 0 radical (unpaired) electrons. The van der Waals surface area contributed by atoms with Gasteiger partial charge in [-0.3, -0.25) is 4.79 Å². The average Bonchev–Trinajstić information content (AvgIpc) is 2.56. The third-order valence-electron chi connectivity index (χ3n) is 1.93. The number of aldehydes is 1. The second kappa shape index (κ2) is 3.20. The fraction of sp³-hybridized carbons (Fsp3) is 0. The molecule has 0 aliphatic heterocycles. The zero-order valence-electron chi connectivity index (χ0n) is 6.95. The lowest BCUT2D eigenvalue weighted by atomic mass is 10.1. The number of benzene rings is 1. The number of thiophene rings is 1. The molecular weight excluding hydrogens is 201 g/mol. The molecule has 0 aliphatic rings. The summed E-state index contributed by atoms with van der Waals surface area (Å²) in [6, 6.07) is 6.42. The van der Waals surface area contributed by atoms with Crippen LogP contribution in [0.5, 0.6) is 0 Å². The molecule has 0 amide bonds. The van der Waals surface area contributed by atoms with Crippen molar-refractivity contribution < 1.29 is 9.18 Å². The second-order valence-corrected chi connectivity index (χ2v) is 3.73. The van der Waals surface area contributed by atoms with Crippen molar-refractivity contribution in [2.45, 2.75) is 0 Å². The van der Waals surface area contributed by atoms with Crippen molar-refractivity contribution in [3.05, 3.63) is 34.5 Å². The first-order valence-corrected chi connectivity index (χ1v) is 4.65. The van der Waals surface area contributed by atoms with Crippen LogP contribution in [0.1, 0.15) is 15.9 Å². The predicted molar refractivity (Wildman–Crippen MR) is 51.9 cm³/mol. The Morgan fingerprint density at radius 1 is 1.50 bits per heavy atom. The number of nitrogens with zero attached hydrogens (tertiary/aromatic N) is 1. The van der Waals surface area contributed by atoms with Crippen LogP contribution in [0, 0.1) is 16.5 Å². The van der Waals surface area contributed by atoms with Gasteiger partial charge in [-0.15, -0.1) is 11.3 Å². The van der Waals surface area contributed by atoms with Crippen LogP contribution in [0.15, 0.2) is 18.2 Å². The van der Waals surface area contributed by atoms with E-state index in [1.807, 2.05) is 6.07 Å². The lowest BCUT2D eigenvalue weighted by molar-refractivity contribution is 0.112. The Morgan fingerprint density at radius 2 is 2.29 bits per heavy atom. The van der Waals surface area contributed by atoms with Gasteiger partial charge in [0.1, 0.15) is 0 Å². The van der Waals surface area contributed by atoms with Crippen LogP contribution in [0.3, 0.4) is 0 Å². The van der Waals surface area contributed by atoms with E-state index in [0.717, 1.165) is 11.3 Å². The van der Waals surface area contributed by atoms with Gasteiger partial charge in [-0.05, 0) is 17.5 Å². The second-order valence-electron chi connectivity index (χ2n) is 2.73. The van der Waals surface area contributed by atoms with Crippen molar-refractivity contribution in [1.82, 2.24) is 0 Å². The minimum absolute atomic E-state index is 0.277. The summed E-state index contributed by atoms with van der Waals surface area (Å²) in [7, 11) is 0. The molecular formula is C10H4FNOS. The summed E-state index contributed by atoms with van der Waals surface area (Å²) in [5, 5.41) is 9.03. The number of hydrogen-bond acceptors (Lipinski definition) is 3. The maximum Gasteiger partial charge on any atom is 0.177 e. The molecule has 2 nitrogen and oxygen atoms in total. The zero-order chi connectivity index (χ0) is 10.1. The molecule has 1 aromatic heterocycles. The third-order valence-corrected chi connectivity index (χ3v) is 2.91. The first-order valence-electron chi connectivity index (χ1n) is 3.83. The molecule has 0 atom stereocenters. The number of fused-ring (bicyclic) bond motifs is 1. The van der Waals surface area contributed by atoms with E-state index in [-0.39, 0.29) is 16.3 Å². The first-order chi connectivity index (χ1) is 6.76. The first kappa shape index (κ1) is 8.85. The van der Waals surface area contributed by atoms with E-state index in [4.69, 9.17) is 5.26 Å². The highest BCUT2D eigenvalue weighted by Gasteiger charge is 2.09. The maximum absolute atomic E-state index is 12.9. The molecule has 0 N–H and O–H groups in total. The van der Waals surface area contributed by atoms with E-state index >= 15 is 0 Å². The molecule has 0 saturated heterocycles. The molecule has 1 aromatic carbocycles. The molecule has 2 rings (SSSR count). The van der Waals surface area contributed by atoms with Gasteiger partial charge in [0.2, 0.25) is 0 Å². The van der Waals surface area contributed by atoms with Gasteiger partial charge in [-0.25, -0.2) is 0 Å². The van der Waals surface area contributed by atoms with Crippen molar-refractivity contribution in [2.24, 2.45) is 0 Å². The largest absolute Gasteiger partial charge is 0.298 e. The van der Waals surface area contributed by atoms with Crippen molar-refractivity contribution in [1.29, 1.82) is 5.26 Å². The van der Waals surface area contributed by atoms with E-state index in [1.54, 1.807) is 6.07 Å². The van der Waals surface area contributed by atoms with Gasteiger partial charge in [-0.2, -0.15) is 9.65 Å². The molecule has 14 heavy (non-hydrogen) atoms. The van der Waals surface area contributed by atoms with Crippen LogP contribution >= 0.6 is 11.3 Å². The summed E-state index contributed by atoms with van der Waals surface area (Å²) in [4.78, 5) is 10.7. The monoisotopic (exact) mass is 205 g/mol. The summed E-state index contributed by atoms with van der Waals surface area (Å²) < 4.78 is 13.4. The Bertz CT molecular complexity index is 553. The van der Waals surface area contributed by atoms with Crippen molar-refractivity contribution in [2.75, 3.05) is 0 Å². The summed E-state index contributed by atoms with van der Waals surface area (Å²) in [5.74, 6) is 0. The van der Waals surface area contributed by atoms with Crippen LogP contribution in [0.2, 0.25) is 0 Å². The molecule has 0 spiro atoms. The Hall–Kier alpha value is -1.73. The molecule has 0 bridgehead atoms. The molecule has 1 heterocycles. The van der Waals surface area contributed by atoms with Gasteiger partial charge < -0.3 is 0 Å². The van der Waals surface area contributed by atoms with E-state index < -0.39 is 0 Å². The summed E-state index contributed by atoms with van der Waals surface area (Å²) in [6.07, 6.45) is 0.594. The van der Waals surface area contributed by atoms with Gasteiger partial charge in [0, 0.05) is 10.3 Å². The lowest BCUT2D eigenvalue weighted by Gasteiger charge is -1.95. The Balaban J connectivity index is 2.91. The molecule has 2 aromatic rings. The zero-order valence-corrected chi connectivity index (χ0v) is 7.77. The number of carbonyl (C=O) groups excluding carboxylic acids is 1. The number of nitriles is 1. The summed E-state index contributed by atoms with van der Waals surface area (Å²) in [5.41, 5.74) is 0.563. The van der Waals surface area contributed by atoms with Gasteiger partial charge in [0.05, 0.1) is 11.6 Å². The smallest absolute Gasteiger partial charge is 0.177 e. The minimum Gasteiger partial charge on any atom is -0.298 e. The number of rotatable bonds is 1. The molecule has 0 aliphatic carbocycles. The van der Waals surface area contributed by atoms with E-state index in [0.29, 0.717) is 16.4 Å². The maximum atomic E-state index is 12.9. The number of halogens is 1. The van der Waals surface area contributed by atoms with E-state index in [9.17, 15) is 9.18 Å². The Kier molecular flexibility index (Phi) is 2.02. The van der Waals surface area contributed by atoms with Crippen molar-refractivity contribution in [3.8, 4) is 6.07 Å². The third kappa shape index (κ3) is 1.19. The standard InChI is InChI=1S/C10H4FNOS/c11-9-3-6-1-2-7(4-12)8(5-13)10(6)14-9/h1-3,5H. The quantitative estimate of drug-likeness (QED) is 0.671. The molecule has 0 saturated carbocycles. The van der Waals surface area contributed by atoms with Crippen molar-refractivity contribution >= 4 is 27.7 Å². The predicted octanol–water partition coefficient (Wildman–Crippen LogP) is 2.72. The van der Waals surface area contributed by atoms with E-state index in [1.165, 1.54) is 12.1 Å². The van der Waals surface area contributed by atoms with Gasteiger partial charge in [-0.1, -0.05) is 6.07 Å². The fourth-order valence-corrected chi connectivity index (χ4v) is 2.20. The van der Waals surface area contributed by atoms with Crippen LogP contribution in [-0.2, 0) is 0 Å². The van der Waals surface area contributed by atoms with Gasteiger partial charge in [0.25, 0.3) is 0 Å². The van der Waals surface area contributed by atoms with E-state index in [2.05, 4.69) is 0 Å². The Morgan fingerprint density at radius 3 is 2.93 bits per heavy atom. The number of carbonyl (C=O) groups is 1. The number of hydrogen-bond donors (Lipinski definition) is 0. The van der Waals surface area contributed by atoms with Crippen LogP contribution < -0.4 is 0 Å². The Labute approximate surface area is 83.2 Å². The summed E-state index contributed by atoms with van der Waals surface area (Å²) >= 11 is 0.884. The van der Waals surface area contributed by atoms with Crippen LogP contribution in [0.4, 0.5) is 4.39 Å².